The molecule has 2 aliphatic heterocycles. The second-order valence-electron chi connectivity index (χ2n) is 8.13. The van der Waals surface area contributed by atoms with Crippen LogP contribution in [0, 0.1) is 0 Å². The van der Waals surface area contributed by atoms with Gasteiger partial charge in [0.1, 0.15) is 5.75 Å². The summed E-state index contributed by atoms with van der Waals surface area (Å²) in [6, 6.07) is 15.4. The molecule has 29 heavy (non-hydrogen) atoms. The number of likely N-dealkylation sites (tertiary alicyclic amines) is 1. The van der Waals surface area contributed by atoms with Crippen molar-refractivity contribution < 1.29 is 14.7 Å². The first kappa shape index (κ1) is 19.5. The summed E-state index contributed by atoms with van der Waals surface area (Å²) in [5.74, 6) is 0.860. The Morgan fingerprint density at radius 3 is 2.38 bits per heavy atom. The van der Waals surface area contributed by atoms with Crippen LogP contribution in [0.2, 0.25) is 0 Å². The van der Waals surface area contributed by atoms with Crippen molar-refractivity contribution in [2.75, 3.05) is 19.6 Å². The van der Waals surface area contributed by atoms with Crippen LogP contribution in [0.1, 0.15) is 54.8 Å². The maximum absolute atomic E-state index is 13.1. The van der Waals surface area contributed by atoms with Crippen LogP contribution in [0.3, 0.4) is 0 Å². The van der Waals surface area contributed by atoms with Crippen molar-refractivity contribution in [1.29, 1.82) is 0 Å². The average molecular weight is 392 g/mol. The zero-order valence-electron chi connectivity index (χ0n) is 16.9. The molecule has 1 fully saturated rings. The lowest BCUT2D eigenvalue weighted by atomic mass is 9.88. The third-order valence-corrected chi connectivity index (χ3v) is 6.40. The fourth-order valence-electron chi connectivity index (χ4n) is 4.75. The Morgan fingerprint density at radius 1 is 1.00 bits per heavy atom. The molecule has 4 rings (SSSR count). The van der Waals surface area contributed by atoms with Crippen LogP contribution < -0.4 is 0 Å². The molecule has 0 unspecified atom stereocenters. The minimum absolute atomic E-state index is 0.0309. The van der Waals surface area contributed by atoms with Gasteiger partial charge in [0, 0.05) is 26.6 Å². The summed E-state index contributed by atoms with van der Waals surface area (Å²) in [4.78, 5) is 29.1. The lowest BCUT2D eigenvalue weighted by molar-refractivity contribution is -0.137. The van der Waals surface area contributed by atoms with Crippen LogP contribution in [0.4, 0.5) is 0 Å². The van der Waals surface area contributed by atoms with Crippen molar-refractivity contribution in [3.05, 3.63) is 65.2 Å². The van der Waals surface area contributed by atoms with E-state index in [1.54, 1.807) is 19.1 Å². The molecule has 5 nitrogen and oxygen atoms in total. The van der Waals surface area contributed by atoms with Gasteiger partial charge in [0.2, 0.25) is 11.8 Å². The number of hydrogen-bond donors (Lipinski definition) is 1. The van der Waals surface area contributed by atoms with E-state index in [9.17, 15) is 14.7 Å². The monoisotopic (exact) mass is 392 g/mol. The van der Waals surface area contributed by atoms with Crippen LogP contribution >= 0.6 is 0 Å². The van der Waals surface area contributed by atoms with Crippen molar-refractivity contribution in [1.82, 2.24) is 9.80 Å². The zero-order chi connectivity index (χ0) is 20.4. The Balaban J connectivity index is 1.42. The fraction of sp³-hybridized carbons (Fsp3) is 0.417. The highest BCUT2D eigenvalue weighted by Crippen LogP contribution is 2.34. The summed E-state index contributed by atoms with van der Waals surface area (Å²) >= 11 is 0. The highest BCUT2D eigenvalue weighted by molar-refractivity contribution is 5.80. The zero-order valence-corrected chi connectivity index (χ0v) is 16.9. The number of fused-ring (bicyclic) bond motifs is 1. The van der Waals surface area contributed by atoms with Gasteiger partial charge in [0.15, 0.2) is 0 Å². The van der Waals surface area contributed by atoms with Gasteiger partial charge >= 0.3 is 0 Å². The van der Waals surface area contributed by atoms with Crippen LogP contribution in [-0.2, 0) is 16.0 Å². The van der Waals surface area contributed by atoms with Crippen molar-refractivity contribution in [2.24, 2.45) is 0 Å². The van der Waals surface area contributed by atoms with Gasteiger partial charge < -0.3 is 14.9 Å². The fourth-order valence-corrected chi connectivity index (χ4v) is 4.75. The smallest absolute Gasteiger partial charge is 0.224 e. The number of amides is 2. The van der Waals surface area contributed by atoms with Crippen molar-refractivity contribution >= 4 is 11.8 Å². The summed E-state index contributed by atoms with van der Waals surface area (Å²) in [7, 11) is 0. The summed E-state index contributed by atoms with van der Waals surface area (Å²) in [6.45, 7) is 3.74. The lowest BCUT2D eigenvalue weighted by Gasteiger charge is -2.38. The number of piperidine rings is 1. The second-order valence-corrected chi connectivity index (χ2v) is 8.13. The first-order chi connectivity index (χ1) is 14.0. The maximum atomic E-state index is 13.1. The van der Waals surface area contributed by atoms with Crippen molar-refractivity contribution in [2.45, 2.75) is 44.6 Å². The SMILES string of the molecule is CC(=O)N1CCc2ccccc2[C@@H]1CC(=O)N1CCC(c2ccc(O)cc2)CC1. The number of nitrogens with zero attached hydrogens (tertiary/aromatic N) is 2. The normalized spacial score (nSPS) is 19.7. The van der Waals surface area contributed by atoms with Crippen LogP contribution in [-0.4, -0.2) is 46.4 Å². The van der Waals surface area contributed by atoms with E-state index in [1.807, 2.05) is 34.1 Å². The van der Waals surface area contributed by atoms with E-state index in [-0.39, 0.29) is 23.6 Å². The van der Waals surface area contributed by atoms with Gasteiger partial charge in [0.25, 0.3) is 0 Å². The van der Waals surface area contributed by atoms with E-state index in [0.29, 0.717) is 18.9 Å². The molecule has 0 spiro atoms. The molecular weight excluding hydrogens is 364 g/mol. The number of rotatable bonds is 3. The number of phenols is 1. The summed E-state index contributed by atoms with van der Waals surface area (Å²) in [6.07, 6.45) is 3.04. The van der Waals surface area contributed by atoms with Gasteiger partial charge in [-0.25, -0.2) is 0 Å². The molecular formula is C24H28N2O3. The first-order valence-electron chi connectivity index (χ1n) is 10.4. The molecule has 0 radical (unpaired) electrons. The molecule has 0 aliphatic carbocycles. The number of hydrogen-bond acceptors (Lipinski definition) is 3. The van der Waals surface area contributed by atoms with Gasteiger partial charge in [-0.15, -0.1) is 0 Å². The Kier molecular flexibility index (Phi) is 5.56. The number of aromatic hydroxyl groups is 1. The Labute approximate surface area is 171 Å². The van der Waals surface area contributed by atoms with Crippen molar-refractivity contribution in [3.63, 3.8) is 0 Å². The Bertz CT molecular complexity index is 885. The predicted molar refractivity (Wildman–Crippen MR) is 112 cm³/mol. The number of carbonyl (C=O) groups is 2. The summed E-state index contributed by atoms with van der Waals surface area (Å²) in [5.41, 5.74) is 3.58. The lowest BCUT2D eigenvalue weighted by Crippen LogP contribution is -2.43. The molecule has 1 saturated heterocycles. The van der Waals surface area contributed by atoms with E-state index >= 15 is 0 Å². The predicted octanol–water partition coefficient (Wildman–Crippen LogP) is 3.63. The van der Waals surface area contributed by atoms with Crippen LogP contribution in [0.15, 0.2) is 48.5 Å². The third-order valence-electron chi connectivity index (χ3n) is 6.40. The largest absolute Gasteiger partial charge is 0.508 e. The topological polar surface area (TPSA) is 60.9 Å². The molecule has 2 aromatic rings. The van der Waals surface area contributed by atoms with Gasteiger partial charge in [-0.3, -0.25) is 9.59 Å². The van der Waals surface area contributed by atoms with E-state index in [0.717, 1.165) is 37.9 Å². The van der Waals surface area contributed by atoms with Gasteiger partial charge in [-0.1, -0.05) is 36.4 Å². The molecule has 0 saturated carbocycles. The molecule has 0 bridgehead atoms. The molecule has 1 N–H and O–H groups in total. The first-order valence-corrected chi connectivity index (χ1v) is 10.4. The Morgan fingerprint density at radius 2 is 1.69 bits per heavy atom. The van der Waals surface area contributed by atoms with Crippen LogP contribution in [0.5, 0.6) is 5.75 Å². The molecule has 1 atom stereocenters. The third kappa shape index (κ3) is 4.14. The van der Waals surface area contributed by atoms with Gasteiger partial charge in [-0.2, -0.15) is 0 Å². The highest BCUT2D eigenvalue weighted by atomic mass is 16.3. The molecule has 152 valence electrons. The van der Waals surface area contributed by atoms with E-state index in [1.165, 1.54) is 11.1 Å². The summed E-state index contributed by atoms with van der Waals surface area (Å²) < 4.78 is 0. The molecule has 0 aromatic heterocycles. The van der Waals surface area contributed by atoms with E-state index in [2.05, 4.69) is 12.1 Å². The number of carbonyl (C=O) groups excluding carboxylic acids is 2. The molecule has 2 heterocycles. The standard InChI is InChI=1S/C24H28N2O3/c1-17(27)26-15-12-20-4-2-3-5-22(20)23(26)16-24(29)25-13-10-19(11-14-25)18-6-8-21(28)9-7-18/h2-9,19,23,28H,10-16H2,1H3/t23-/m0/s1. The minimum atomic E-state index is -0.167. The number of phenolic OH excluding ortho intramolecular Hbond substituents is 1. The van der Waals surface area contributed by atoms with Gasteiger partial charge in [-0.05, 0) is 54.0 Å². The van der Waals surface area contributed by atoms with Crippen LogP contribution in [0.25, 0.3) is 0 Å². The Hall–Kier alpha value is -2.82. The molecule has 2 aromatic carbocycles. The van der Waals surface area contributed by atoms with E-state index < -0.39 is 0 Å². The molecule has 5 heteroatoms. The second kappa shape index (κ2) is 8.27. The van der Waals surface area contributed by atoms with Gasteiger partial charge in [0.05, 0.1) is 12.5 Å². The number of benzene rings is 2. The van der Waals surface area contributed by atoms with Crippen molar-refractivity contribution in [3.8, 4) is 5.75 Å². The average Bonchev–Trinajstić information content (AvgIpc) is 2.74. The highest BCUT2D eigenvalue weighted by Gasteiger charge is 2.33. The quantitative estimate of drug-likeness (QED) is 0.868. The maximum Gasteiger partial charge on any atom is 0.224 e. The summed E-state index contributed by atoms with van der Waals surface area (Å²) in [5, 5.41) is 9.47. The molecule has 2 aliphatic rings. The molecule has 2 amide bonds. The minimum Gasteiger partial charge on any atom is -0.508 e. The van der Waals surface area contributed by atoms with E-state index in [4.69, 9.17) is 0 Å².